The molecule has 1 atom stereocenters. The summed E-state index contributed by atoms with van der Waals surface area (Å²) in [4.78, 5) is 39.9. The van der Waals surface area contributed by atoms with Crippen LogP contribution in [-0.4, -0.2) is 24.3 Å². The summed E-state index contributed by atoms with van der Waals surface area (Å²) in [5, 5.41) is 3.98. The Bertz CT molecular complexity index is 954. The van der Waals surface area contributed by atoms with Gasteiger partial charge in [-0.2, -0.15) is 0 Å². The normalized spacial score (nSPS) is 18.8. The van der Waals surface area contributed by atoms with E-state index in [0.717, 1.165) is 36.1 Å². The molecule has 4 rings (SSSR count). The third kappa shape index (κ3) is 3.52. The van der Waals surface area contributed by atoms with Gasteiger partial charge in [0.1, 0.15) is 5.00 Å². The van der Waals surface area contributed by atoms with E-state index in [-0.39, 0.29) is 18.2 Å². The predicted octanol–water partition coefficient (Wildman–Crippen LogP) is 3.37. The van der Waals surface area contributed by atoms with Gasteiger partial charge < -0.3 is 16.0 Å². The molecule has 1 saturated heterocycles. The summed E-state index contributed by atoms with van der Waals surface area (Å²) < 4.78 is 0. The lowest BCUT2D eigenvalue weighted by atomic mass is 9.95. The van der Waals surface area contributed by atoms with Crippen LogP contribution in [-0.2, 0) is 22.4 Å². The molecule has 1 fully saturated rings. The highest BCUT2D eigenvalue weighted by atomic mass is 35.5. The molecular weight excluding hydrogens is 398 g/mol. The molecule has 2 aliphatic rings. The van der Waals surface area contributed by atoms with Crippen molar-refractivity contribution in [2.24, 2.45) is 11.7 Å². The number of benzene rings is 1. The van der Waals surface area contributed by atoms with Crippen molar-refractivity contribution in [2.75, 3.05) is 16.8 Å². The van der Waals surface area contributed by atoms with Gasteiger partial charge >= 0.3 is 0 Å². The molecule has 0 spiro atoms. The predicted molar refractivity (Wildman–Crippen MR) is 110 cm³/mol. The number of thiophene rings is 1. The van der Waals surface area contributed by atoms with E-state index in [1.54, 1.807) is 29.2 Å². The Morgan fingerprint density at radius 3 is 2.61 bits per heavy atom. The van der Waals surface area contributed by atoms with Crippen molar-refractivity contribution in [3.63, 3.8) is 0 Å². The topological polar surface area (TPSA) is 92.5 Å². The van der Waals surface area contributed by atoms with Crippen molar-refractivity contribution in [1.29, 1.82) is 0 Å². The summed E-state index contributed by atoms with van der Waals surface area (Å²) >= 11 is 7.33. The number of carbonyl (C=O) groups excluding carboxylic acids is 3. The number of nitrogens with two attached hydrogens (primary N) is 1. The smallest absolute Gasteiger partial charge is 0.251 e. The summed E-state index contributed by atoms with van der Waals surface area (Å²) in [5.41, 5.74) is 7.72. The van der Waals surface area contributed by atoms with Crippen molar-refractivity contribution in [2.45, 2.75) is 32.1 Å². The molecule has 3 N–H and O–H groups in total. The highest BCUT2D eigenvalue weighted by molar-refractivity contribution is 7.17. The van der Waals surface area contributed by atoms with Gasteiger partial charge in [0.25, 0.3) is 5.91 Å². The fourth-order valence-electron chi connectivity index (χ4n) is 3.88. The maximum absolute atomic E-state index is 12.8. The van der Waals surface area contributed by atoms with Crippen LogP contribution in [0, 0.1) is 5.92 Å². The van der Waals surface area contributed by atoms with Gasteiger partial charge in [-0.1, -0.05) is 11.6 Å². The molecule has 0 radical (unpaired) electrons. The van der Waals surface area contributed by atoms with Gasteiger partial charge in [-0.15, -0.1) is 11.3 Å². The Hall–Kier alpha value is -2.38. The highest BCUT2D eigenvalue weighted by Crippen LogP contribution is 2.38. The minimum Gasteiger partial charge on any atom is -0.365 e. The molecule has 2 aromatic rings. The molecule has 146 valence electrons. The zero-order chi connectivity index (χ0) is 19.8. The summed E-state index contributed by atoms with van der Waals surface area (Å²) in [5.74, 6) is -1.36. The van der Waals surface area contributed by atoms with Crippen LogP contribution in [0.5, 0.6) is 0 Å². The second-order valence-corrected chi connectivity index (χ2v) is 8.69. The maximum atomic E-state index is 12.8. The molecule has 1 aromatic carbocycles. The van der Waals surface area contributed by atoms with Crippen LogP contribution in [0.2, 0.25) is 5.02 Å². The molecule has 8 heteroatoms. The van der Waals surface area contributed by atoms with Crippen LogP contribution >= 0.6 is 22.9 Å². The number of primary amides is 1. The fourth-order valence-corrected chi connectivity index (χ4v) is 5.31. The molecular formula is C20H20ClN3O3S. The van der Waals surface area contributed by atoms with Gasteiger partial charge in [0, 0.05) is 28.6 Å². The van der Waals surface area contributed by atoms with E-state index in [9.17, 15) is 14.4 Å². The van der Waals surface area contributed by atoms with E-state index >= 15 is 0 Å². The van der Waals surface area contributed by atoms with Crippen molar-refractivity contribution >= 4 is 51.3 Å². The van der Waals surface area contributed by atoms with Crippen LogP contribution < -0.4 is 16.0 Å². The standard InChI is InChI=1S/C20H20ClN3O3S/c21-12-5-7-13(8-6-12)24-10-11(9-16(24)25)19(27)23-20-17(18(22)26)14-3-1-2-4-15(14)28-20/h5-8,11H,1-4,9-10H2,(H2,22,26)(H,23,27). The lowest BCUT2D eigenvalue weighted by Gasteiger charge is -2.16. The Labute approximate surface area is 171 Å². The zero-order valence-electron chi connectivity index (χ0n) is 15.2. The second kappa shape index (κ2) is 7.56. The number of nitrogens with zero attached hydrogens (tertiary/aromatic N) is 1. The number of halogens is 1. The molecule has 1 aliphatic heterocycles. The Morgan fingerprint density at radius 2 is 1.89 bits per heavy atom. The molecule has 1 aliphatic carbocycles. The Morgan fingerprint density at radius 1 is 1.18 bits per heavy atom. The summed E-state index contributed by atoms with van der Waals surface area (Å²) in [6.07, 6.45) is 3.94. The molecule has 28 heavy (non-hydrogen) atoms. The molecule has 1 aromatic heterocycles. The Kier molecular flexibility index (Phi) is 5.12. The third-order valence-corrected chi connectivity index (χ3v) is 6.75. The monoisotopic (exact) mass is 417 g/mol. The number of carbonyl (C=O) groups is 3. The minimum absolute atomic E-state index is 0.108. The van der Waals surface area contributed by atoms with E-state index in [1.165, 1.54) is 11.3 Å². The number of rotatable bonds is 4. The fraction of sp³-hybridized carbons (Fsp3) is 0.350. The quantitative estimate of drug-likeness (QED) is 0.798. The average Bonchev–Trinajstić information content (AvgIpc) is 3.22. The van der Waals surface area contributed by atoms with Gasteiger partial charge in [-0.05, 0) is 55.5 Å². The molecule has 2 heterocycles. The first-order valence-electron chi connectivity index (χ1n) is 9.25. The number of aryl methyl sites for hydroxylation is 1. The Balaban J connectivity index is 1.52. The van der Waals surface area contributed by atoms with Crippen molar-refractivity contribution < 1.29 is 14.4 Å². The van der Waals surface area contributed by atoms with Crippen molar-refractivity contribution in [3.8, 4) is 0 Å². The average molecular weight is 418 g/mol. The van der Waals surface area contributed by atoms with Gasteiger partial charge in [0.15, 0.2) is 0 Å². The first kappa shape index (κ1) is 19.0. The van der Waals surface area contributed by atoms with Gasteiger partial charge in [0.05, 0.1) is 11.5 Å². The molecule has 6 nitrogen and oxygen atoms in total. The molecule has 0 bridgehead atoms. The van der Waals surface area contributed by atoms with Crippen molar-refractivity contribution in [1.82, 2.24) is 0 Å². The van der Waals surface area contributed by atoms with E-state index in [0.29, 0.717) is 27.8 Å². The number of amides is 3. The number of anilines is 2. The van der Waals surface area contributed by atoms with Gasteiger partial charge in [-0.3, -0.25) is 14.4 Å². The van der Waals surface area contributed by atoms with E-state index < -0.39 is 11.8 Å². The number of nitrogens with one attached hydrogen (secondary N) is 1. The lowest BCUT2D eigenvalue weighted by molar-refractivity contribution is -0.122. The lowest BCUT2D eigenvalue weighted by Crippen LogP contribution is -2.28. The van der Waals surface area contributed by atoms with Crippen LogP contribution in [0.4, 0.5) is 10.7 Å². The largest absolute Gasteiger partial charge is 0.365 e. The summed E-state index contributed by atoms with van der Waals surface area (Å²) in [6, 6.07) is 6.96. The molecule has 3 amide bonds. The molecule has 0 saturated carbocycles. The van der Waals surface area contributed by atoms with E-state index in [2.05, 4.69) is 5.32 Å². The van der Waals surface area contributed by atoms with E-state index in [1.807, 2.05) is 0 Å². The van der Waals surface area contributed by atoms with Gasteiger partial charge in [0.2, 0.25) is 11.8 Å². The number of hydrogen-bond acceptors (Lipinski definition) is 4. The summed E-state index contributed by atoms with van der Waals surface area (Å²) in [7, 11) is 0. The number of hydrogen-bond donors (Lipinski definition) is 2. The maximum Gasteiger partial charge on any atom is 0.251 e. The first-order chi connectivity index (χ1) is 13.4. The number of fused-ring (bicyclic) bond motifs is 1. The van der Waals surface area contributed by atoms with Crippen LogP contribution in [0.15, 0.2) is 24.3 Å². The molecule has 1 unspecified atom stereocenters. The van der Waals surface area contributed by atoms with E-state index in [4.69, 9.17) is 17.3 Å². The van der Waals surface area contributed by atoms with Crippen molar-refractivity contribution in [3.05, 3.63) is 45.3 Å². The first-order valence-corrected chi connectivity index (χ1v) is 10.4. The second-order valence-electron chi connectivity index (χ2n) is 7.15. The van der Waals surface area contributed by atoms with Crippen LogP contribution in [0.25, 0.3) is 0 Å². The minimum atomic E-state index is -0.514. The zero-order valence-corrected chi connectivity index (χ0v) is 16.7. The SMILES string of the molecule is NC(=O)c1c(NC(=O)C2CC(=O)N(c3ccc(Cl)cc3)C2)sc2c1CCCC2. The van der Waals surface area contributed by atoms with Crippen LogP contribution in [0.3, 0.4) is 0 Å². The third-order valence-electron chi connectivity index (χ3n) is 5.29. The highest BCUT2D eigenvalue weighted by Gasteiger charge is 2.36. The summed E-state index contributed by atoms with van der Waals surface area (Å²) in [6.45, 7) is 0.295. The van der Waals surface area contributed by atoms with Gasteiger partial charge in [-0.25, -0.2) is 0 Å². The van der Waals surface area contributed by atoms with Crippen LogP contribution in [0.1, 0.15) is 40.1 Å².